The first kappa shape index (κ1) is 18.0. The number of nitrogens with zero attached hydrogens (tertiary/aromatic N) is 4. The van der Waals surface area contributed by atoms with Gasteiger partial charge in [-0.1, -0.05) is 46.7 Å². The van der Waals surface area contributed by atoms with Crippen LogP contribution in [0.5, 0.6) is 0 Å². The Labute approximate surface area is 177 Å². The van der Waals surface area contributed by atoms with Gasteiger partial charge in [-0.05, 0) is 48.9 Å². The summed E-state index contributed by atoms with van der Waals surface area (Å²) in [7, 11) is 0. The Kier molecular flexibility index (Phi) is 4.77. The van der Waals surface area contributed by atoms with Gasteiger partial charge in [0.2, 0.25) is 0 Å². The van der Waals surface area contributed by atoms with Crippen molar-refractivity contribution in [2.45, 2.75) is 31.5 Å². The standard InChI is InChI=1S/C22H21BrN4S/c1-2-16-14-28-22-25-20(18-9-3-4-11-24-18)21(27(16)22)19-10-6-12-26(19)17-8-5-7-15(23)13-17/h3-13,16,20-21H,2,14H2,1H3/t16-,20-,21-/m1/s1. The largest absolute Gasteiger partial charge is 0.337 e. The molecule has 3 atom stereocenters. The van der Waals surface area contributed by atoms with Crippen molar-refractivity contribution in [3.05, 3.63) is 82.9 Å². The molecule has 0 radical (unpaired) electrons. The second-order valence-corrected chi connectivity index (χ2v) is 9.02. The van der Waals surface area contributed by atoms with E-state index in [0.29, 0.717) is 6.04 Å². The number of aliphatic imine (C=N–C) groups is 1. The Bertz CT molecular complexity index is 1020. The lowest BCUT2D eigenvalue weighted by molar-refractivity contribution is 0.249. The number of halogens is 1. The number of aromatic nitrogens is 2. The molecule has 142 valence electrons. The van der Waals surface area contributed by atoms with E-state index >= 15 is 0 Å². The molecule has 2 aliphatic rings. The molecule has 0 unspecified atom stereocenters. The van der Waals surface area contributed by atoms with Gasteiger partial charge in [0.05, 0.1) is 5.69 Å². The minimum absolute atomic E-state index is 0.0128. The quantitative estimate of drug-likeness (QED) is 0.515. The van der Waals surface area contributed by atoms with Crippen molar-refractivity contribution < 1.29 is 0 Å². The van der Waals surface area contributed by atoms with E-state index in [9.17, 15) is 0 Å². The van der Waals surface area contributed by atoms with Gasteiger partial charge < -0.3 is 9.47 Å². The van der Waals surface area contributed by atoms with Gasteiger partial charge in [0.15, 0.2) is 5.17 Å². The zero-order valence-electron chi connectivity index (χ0n) is 15.6. The molecule has 4 heterocycles. The van der Waals surface area contributed by atoms with Crippen molar-refractivity contribution in [3.63, 3.8) is 0 Å². The van der Waals surface area contributed by atoms with E-state index in [1.54, 1.807) is 0 Å². The number of pyridine rings is 1. The lowest BCUT2D eigenvalue weighted by atomic mass is 9.99. The number of hydrogen-bond acceptors (Lipinski definition) is 4. The average Bonchev–Trinajstić information content (AvgIpc) is 3.43. The fraction of sp³-hybridized carbons (Fsp3) is 0.273. The van der Waals surface area contributed by atoms with Crippen LogP contribution >= 0.6 is 27.7 Å². The smallest absolute Gasteiger partial charge is 0.160 e. The number of thioether (sulfide) groups is 1. The Balaban J connectivity index is 1.63. The molecular formula is C22H21BrN4S. The molecule has 0 N–H and O–H groups in total. The summed E-state index contributed by atoms with van der Waals surface area (Å²) in [5.41, 5.74) is 3.45. The highest BCUT2D eigenvalue weighted by atomic mass is 79.9. The van der Waals surface area contributed by atoms with Crippen molar-refractivity contribution in [2.75, 3.05) is 5.75 Å². The molecule has 0 amide bonds. The van der Waals surface area contributed by atoms with Gasteiger partial charge in [-0.25, -0.2) is 0 Å². The second-order valence-electron chi connectivity index (χ2n) is 7.12. The molecule has 0 aliphatic carbocycles. The third kappa shape index (κ3) is 2.99. The Hall–Kier alpha value is -2.05. The molecule has 6 heteroatoms. The summed E-state index contributed by atoms with van der Waals surface area (Å²) in [6.07, 6.45) is 5.14. The number of hydrogen-bond donors (Lipinski definition) is 0. The Morgan fingerprint density at radius 3 is 2.86 bits per heavy atom. The molecular weight excluding hydrogens is 432 g/mol. The van der Waals surface area contributed by atoms with Gasteiger partial charge in [-0.2, -0.15) is 0 Å². The molecule has 0 bridgehead atoms. The van der Waals surface area contributed by atoms with Crippen molar-refractivity contribution in [3.8, 4) is 5.69 Å². The SMILES string of the molecule is CC[C@@H]1CSC2=N[C@H](c3ccccn3)[C@@H](c3cccn3-c3cccc(Br)c3)N21. The molecule has 2 aliphatic heterocycles. The van der Waals surface area contributed by atoms with Crippen LogP contribution in [-0.4, -0.2) is 31.4 Å². The van der Waals surface area contributed by atoms with Crippen LogP contribution in [0.4, 0.5) is 0 Å². The first-order chi connectivity index (χ1) is 13.8. The van der Waals surface area contributed by atoms with Crippen LogP contribution in [0.15, 0.2) is 76.5 Å². The predicted octanol–water partition coefficient (Wildman–Crippen LogP) is 5.61. The van der Waals surface area contributed by atoms with Crippen LogP contribution in [0.25, 0.3) is 5.69 Å². The molecule has 1 fully saturated rings. The Morgan fingerprint density at radius 2 is 2.07 bits per heavy atom. The lowest BCUT2D eigenvalue weighted by Crippen LogP contribution is -2.36. The summed E-state index contributed by atoms with van der Waals surface area (Å²) >= 11 is 5.49. The van der Waals surface area contributed by atoms with Crippen LogP contribution < -0.4 is 0 Å². The van der Waals surface area contributed by atoms with E-state index in [2.05, 4.69) is 92.0 Å². The van der Waals surface area contributed by atoms with Crippen molar-refractivity contribution in [1.29, 1.82) is 0 Å². The zero-order chi connectivity index (χ0) is 19.1. The summed E-state index contributed by atoms with van der Waals surface area (Å²) < 4.78 is 3.37. The molecule has 1 saturated heterocycles. The molecule has 2 aromatic heterocycles. The van der Waals surface area contributed by atoms with Gasteiger partial charge >= 0.3 is 0 Å². The first-order valence-electron chi connectivity index (χ1n) is 9.59. The van der Waals surface area contributed by atoms with E-state index in [0.717, 1.165) is 33.2 Å². The summed E-state index contributed by atoms with van der Waals surface area (Å²) in [4.78, 5) is 12.3. The van der Waals surface area contributed by atoms with Crippen LogP contribution in [0.3, 0.4) is 0 Å². The maximum atomic E-state index is 5.13. The topological polar surface area (TPSA) is 33.4 Å². The molecule has 28 heavy (non-hydrogen) atoms. The highest BCUT2D eigenvalue weighted by Crippen LogP contribution is 2.48. The number of benzene rings is 1. The number of fused-ring (bicyclic) bond motifs is 1. The fourth-order valence-electron chi connectivity index (χ4n) is 4.17. The molecule has 0 spiro atoms. The van der Waals surface area contributed by atoms with E-state index in [4.69, 9.17) is 4.99 Å². The van der Waals surface area contributed by atoms with Crippen molar-refractivity contribution >= 4 is 32.9 Å². The minimum atomic E-state index is 0.0128. The predicted molar refractivity (Wildman–Crippen MR) is 119 cm³/mol. The second kappa shape index (κ2) is 7.41. The van der Waals surface area contributed by atoms with Gasteiger partial charge in [-0.15, -0.1) is 0 Å². The lowest BCUT2D eigenvalue weighted by Gasteiger charge is -2.32. The third-order valence-electron chi connectivity index (χ3n) is 5.50. The third-order valence-corrected chi connectivity index (χ3v) is 7.12. The highest BCUT2D eigenvalue weighted by Gasteiger charge is 2.46. The Morgan fingerprint density at radius 1 is 1.14 bits per heavy atom. The van der Waals surface area contributed by atoms with Crippen LogP contribution in [0.1, 0.15) is 36.8 Å². The van der Waals surface area contributed by atoms with Gasteiger partial charge in [0.1, 0.15) is 12.1 Å². The van der Waals surface area contributed by atoms with E-state index < -0.39 is 0 Å². The molecule has 1 aromatic carbocycles. The summed E-state index contributed by atoms with van der Waals surface area (Å²) in [5, 5.41) is 1.16. The fourth-order valence-corrected chi connectivity index (χ4v) is 5.89. The molecule has 3 aromatic rings. The highest BCUT2D eigenvalue weighted by molar-refractivity contribution is 9.10. The maximum absolute atomic E-state index is 5.13. The monoisotopic (exact) mass is 452 g/mol. The number of amidine groups is 1. The van der Waals surface area contributed by atoms with Gasteiger partial charge in [0.25, 0.3) is 0 Å². The molecule has 0 saturated carbocycles. The zero-order valence-corrected chi connectivity index (χ0v) is 18.0. The van der Waals surface area contributed by atoms with Crippen LogP contribution in [-0.2, 0) is 0 Å². The average molecular weight is 453 g/mol. The van der Waals surface area contributed by atoms with E-state index in [1.165, 1.54) is 5.69 Å². The maximum Gasteiger partial charge on any atom is 0.160 e. The van der Waals surface area contributed by atoms with Gasteiger partial charge in [0, 0.05) is 40.0 Å². The first-order valence-corrected chi connectivity index (χ1v) is 11.4. The van der Waals surface area contributed by atoms with Crippen LogP contribution in [0, 0.1) is 0 Å². The minimum Gasteiger partial charge on any atom is -0.337 e. The van der Waals surface area contributed by atoms with E-state index in [-0.39, 0.29) is 12.1 Å². The van der Waals surface area contributed by atoms with Crippen LogP contribution in [0.2, 0.25) is 0 Å². The normalized spacial score (nSPS) is 23.7. The number of rotatable bonds is 4. The van der Waals surface area contributed by atoms with Crippen molar-refractivity contribution in [1.82, 2.24) is 14.5 Å². The van der Waals surface area contributed by atoms with E-state index in [1.807, 2.05) is 24.0 Å². The summed E-state index contributed by atoms with van der Waals surface area (Å²) in [6, 6.07) is 19.6. The van der Waals surface area contributed by atoms with Gasteiger partial charge in [-0.3, -0.25) is 9.98 Å². The summed E-state index contributed by atoms with van der Waals surface area (Å²) in [5.74, 6) is 1.11. The van der Waals surface area contributed by atoms with Crippen molar-refractivity contribution in [2.24, 2.45) is 4.99 Å². The summed E-state index contributed by atoms with van der Waals surface area (Å²) in [6.45, 7) is 2.27. The molecule has 5 rings (SSSR count). The molecule has 4 nitrogen and oxygen atoms in total.